The van der Waals surface area contributed by atoms with Gasteiger partial charge >= 0.3 is 0 Å². The topological polar surface area (TPSA) is 84.5 Å². The molecule has 0 unspecified atom stereocenters. The van der Waals surface area contributed by atoms with Crippen molar-refractivity contribution in [1.29, 1.82) is 0 Å². The lowest BCUT2D eigenvalue weighted by atomic mass is 10.0. The fourth-order valence-corrected chi connectivity index (χ4v) is 4.75. The molecular formula is C27H26FN3O4. The third kappa shape index (κ3) is 4.74. The first kappa shape index (κ1) is 23.0. The Kier molecular flexibility index (Phi) is 6.21. The predicted octanol–water partition coefficient (Wildman–Crippen LogP) is 3.66. The summed E-state index contributed by atoms with van der Waals surface area (Å²) in [5.41, 5.74) is 1.76. The number of carbonyl (C=O) groups is 1. The molecule has 0 bridgehead atoms. The number of halogens is 1. The Morgan fingerprint density at radius 3 is 2.60 bits per heavy atom. The van der Waals surface area contributed by atoms with E-state index in [9.17, 15) is 18.8 Å². The van der Waals surface area contributed by atoms with E-state index in [4.69, 9.17) is 4.42 Å². The first-order valence-electron chi connectivity index (χ1n) is 11.8. The van der Waals surface area contributed by atoms with Crippen LogP contribution in [0.2, 0.25) is 0 Å². The highest BCUT2D eigenvalue weighted by atomic mass is 19.1. The van der Waals surface area contributed by atoms with Crippen LogP contribution in [0, 0.1) is 5.82 Å². The van der Waals surface area contributed by atoms with Crippen molar-refractivity contribution < 1.29 is 13.6 Å². The zero-order chi connectivity index (χ0) is 24.5. The van der Waals surface area contributed by atoms with E-state index in [1.807, 2.05) is 19.1 Å². The van der Waals surface area contributed by atoms with Crippen molar-refractivity contribution in [2.75, 3.05) is 13.1 Å². The fourth-order valence-electron chi connectivity index (χ4n) is 4.75. The van der Waals surface area contributed by atoms with Gasteiger partial charge in [0.1, 0.15) is 11.4 Å². The number of pyridine rings is 1. The number of aromatic nitrogens is 1. The van der Waals surface area contributed by atoms with E-state index in [-0.39, 0.29) is 33.8 Å². The molecule has 1 aliphatic rings. The average molecular weight is 476 g/mol. The van der Waals surface area contributed by atoms with Gasteiger partial charge in [0, 0.05) is 50.4 Å². The second-order valence-corrected chi connectivity index (χ2v) is 8.95. The van der Waals surface area contributed by atoms with E-state index in [0.29, 0.717) is 6.54 Å². The second kappa shape index (κ2) is 9.46. The van der Waals surface area contributed by atoms with Crippen molar-refractivity contribution in [3.05, 3.63) is 92.3 Å². The maximum Gasteiger partial charge on any atom is 0.287 e. The van der Waals surface area contributed by atoms with Crippen LogP contribution >= 0.6 is 0 Å². The van der Waals surface area contributed by atoms with Crippen LogP contribution < -0.4 is 16.3 Å². The molecule has 1 fully saturated rings. The van der Waals surface area contributed by atoms with E-state index >= 15 is 0 Å². The Balaban J connectivity index is 1.22. The van der Waals surface area contributed by atoms with Gasteiger partial charge < -0.3 is 14.3 Å². The highest BCUT2D eigenvalue weighted by Gasteiger charge is 2.23. The third-order valence-electron chi connectivity index (χ3n) is 6.62. The molecule has 1 amide bonds. The van der Waals surface area contributed by atoms with Crippen LogP contribution in [-0.4, -0.2) is 34.5 Å². The Hall–Kier alpha value is -3.78. The monoisotopic (exact) mass is 475 g/mol. The quantitative estimate of drug-likeness (QED) is 0.476. The van der Waals surface area contributed by atoms with E-state index in [0.717, 1.165) is 61.1 Å². The lowest BCUT2D eigenvalue weighted by molar-refractivity contribution is 0.0881. The maximum atomic E-state index is 13.5. The molecule has 180 valence electrons. The van der Waals surface area contributed by atoms with Gasteiger partial charge in [-0.25, -0.2) is 4.39 Å². The molecule has 0 radical (unpaired) electrons. The van der Waals surface area contributed by atoms with Crippen LogP contribution in [-0.2, 0) is 13.1 Å². The highest BCUT2D eigenvalue weighted by molar-refractivity contribution is 5.93. The molecule has 0 atom stereocenters. The second-order valence-electron chi connectivity index (χ2n) is 8.95. The number of amides is 1. The number of nitrogens with one attached hydrogen (secondary N) is 1. The van der Waals surface area contributed by atoms with Crippen molar-refractivity contribution in [2.45, 2.75) is 38.9 Å². The normalized spacial score (nSPS) is 15.0. The van der Waals surface area contributed by atoms with Gasteiger partial charge in [0.05, 0.1) is 10.9 Å². The molecule has 1 saturated heterocycles. The van der Waals surface area contributed by atoms with Gasteiger partial charge in [0.2, 0.25) is 0 Å². The third-order valence-corrected chi connectivity index (χ3v) is 6.62. The van der Waals surface area contributed by atoms with Crippen LogP contribution in [0.5, 0.6) is 0 Å². The number of hydrogen-bond donors (Lipinski definition) is 1. The van der Waals surface area contributed by atoms with Crippen molar-refractivity contribution >= 4 is 27.8 Å². The van der Waals surface area contributed by atoms with Gasteiger partial charge in [0.15, 0.2) is 11.2 Å². The summed E-state index contributed by atoms with van der Waals surface area (Å²) in [7, 11) is 0. The lowest BCUT2D eigenvalue weighted by Gasteiger charge is -2.32. The molecule has 0 saturated carbocycles. The summed E-state index contributed by atoms with van der Waals surface area (Å²) < 4.78 is 20.8. The molecule has 0 aliphatic carbocycles. The maximum absolute atomic E-state index is 13.5. The minimum absolute atomic E-state index is 0.00101. The molecule has 35 heavy (non-hydrogen) atoms. The molecular weight excluding hydrogens is 449 g/mol. The SMILES string of the molecule is CCn1c(=O)ccc2ccc(CN3CCC(NC(=O)c4cc(=O)c5ccc(F)cc5o4)CC3)cc21. The number of fused-ring (bicyclic) bond motifs is 2. The molecule has 4 aromatic rings. The van der Waals surface area contributed by atoms with Gasteiger partial charge in [-0.05, 0) is 55.0 Å². The molecule has 2 aromatic heterocycles. The van der Waals surface area contributed by atoms with Gasteiger partial charge in [0.25, 0.3) is 11.5 Å². The van der Waals surface area contributed by atoms with Gasteiger partial charge in [-0.2, -0.15) is 0 Å². The van der Waals surface area contributed by atoms with E-state index in [1.165, 1.54) is 12.1 Å². The standard InChI is InChI=1S/C27H26FN3O4/c1-2-31-22-13-17(3-4-18(22)5-8-26(31)33)16-30-11-9-20(10-12-30)29-27(34)25-15-23(32)21-7-6-19(28)14-24(21)35-25/h3-8,13-15,20H,2,9-12,16H2,1H3,(H,29,34). The van der Waals surface area contributed by atoms with Gasteiger partial charge in [-0.3, -0.25) is 19.3 Å². The summed E-state index contributed by atoms with van der Waals surface area (Å²) in [5, 5.41) is 4.22. The minimum Gasteiger partial charge on any atom is -0.451 e. The van der Waals surface area contributed by atoms with Crippen LogP contribution in [0.4, 0.5) is 4.39 Å². The number of nitrogens with zero attached hydrogens (tertiary/aromatic N) is 2. The van der Waals surface area contributed by atoms with E-state index in [2.05, 4.69) is 22.3 Å². The predicted molar refractivity (Wildman–Crippen MR) is 132 cm³/mol. The summed E-state index contributed by atoms with van der Waals surface area (Å²) in [4.78, 5) is 39.5. The van der Waals surface area contributed by atoms with Crippen LogP contribution in [0.15, 0.2) is 68.6 Å². The molecule has 0 spiro atoms. The highest BCUT2D eigenvalue weighted by Crippen LogP contribution is 2.19. The van der Waals surface area contributed by atoms with Crippen molar-refractivity contribution in [2.24, 2.45) is 0 Å². The van der Waals surface area contributed by atoms with Crippen LogP contribution in [0.1, 0.15) is 35.9 Å². The number of aryl methyl sites for hydroxylation is 1. The summed E-state index contributed by atoms with van der Waals surface area (Å²) in [6.45, 7) is 4.94. The zero-order valence-electron chi connectivity index (χ0n) is 19.4. The number of piperidine rings is 1. The number of rotatable bonds is 5. The molecule has 2 aromatic carbocycles. The molecule has 5 rings (SSSR count). The zero-order valence-corrected chi connectivity index (χ0v) is 19.4. The fraction of sp³-hybridized carbons (Fsp3) is 0.296. The minimum atomic E-state index is -0.532. The van der Waals surface area contributed by atoms with Crippen LogP contribution in [0.25, 0.3) is 21.9 Å². The Morgan fingerprint density at radius 2 is 1.83 bits per heavy atom. The molecule has 3 heterocycles. The number of likely N-dealkylation sites (tertiary alicyclic amines) is 1. The Labute approximate surface area is 200 Å². The summed E-state index contributed by atoms with van der Waals surface area (Å²) in [6.07, 6.45) is 1.51. The van der Waals surface area contributed by atoms with Crippen molar-refractivity contribution in [1.82, 2.24) is 14.8 Å². The summed E-state index contributed by atoms with van der Waals surface area (Å²) >= 11 is 0. The summed E-state index contributed by atoms with van der Waals surface area (Å²) in [5.74, 6) is -1.12. The smallest absolute Gasteiger partial charge is 0.287 e. The molecule has 8 heteroatoms. The van der Waals surface area contributed by atoms with E-state index in [1.54, 1.807) is 10.6 Å². The van der Waals surface area contributed by atoms with E-state index < -0.39 is 11.7 Å². The number of benzene rings is 2. The lowest BCUT2D eigenvalue weighted by Crippen LogP contribution is -2.44. The Bertz CT molecular complexity index is 1530. The molecule has 1 aliphatic heterocycles. The van der Waals surface area contributed by atoms with Crippen LogP contribution in [0.3, 0.4) is 0 Å². The number of hydrogen-bond acceptors (Lipinski definition) is 5. The van der Waals surface area contributed by atoms with Gasteiger partial charge in [-0.15, -0.1) is 0 Å². The average Bonchev–Trinajstić information content (AvgIpc) is 2.84. The first-order chi connectivity index (χ1) is 16.9. The van der Waals surface area contributed by atoms with Crippen molar-refractivity contribution in [3.8, 4) is 0 Å². The number of carbonyl (C=O) groups excluding carboxylic acids is 1. The van der Waals surface area contributed by atoms with Crippen molar-refractivity contribution in [3.63, 3.8) is 0 Å². The first-order valence-corrected chi connectivity index (χ1v) is 11.8. The van der Waals surface area contributed by atoms with Gasteiger partial charge in [-0.1, -0.05) is 12.1 Å². The molecule has 7 nitrogen and oxygen atoms in total. The summed E-state index contributed by atoms with van der Waals surface area (Å²) in [6, 6.07) is 14.4. The Morgan fingerprint density at radius 1 is 1.06 bits per heavy atom. The largest absolute Gasteiger partial charge is 0.451 e. The molecule has 1 N–H and O–H groups in total.